The van der Waals surface area contributed by atoms with Crippen molar-refractivity contribution < 1.29 is 28.7 Å². The van der Waals surface area contributed by atoms with Crippen LogP contribution in [0.15, 0.2) is 60.7 Å². The first kappa shape index (κ1) is 22.0. The molecular weight excluding hydrogens is 372 g/mol. The minimum absolute atomic E-state index is 0.0353. The highest BCUT2D eigenvalue weighted by Crippen LogP contribution is 2.26. The molecule has 0 aliphatic carbocycles. The summed E-state index contributed by atoms with van der Waals surface area (Å²) < 4.78 is 10.0. The van der Waals surface area contributed by atoms with Crippen LogP contribution in [0.25, 0.3) is 0 Å². The Bertz CT molecular complexity index is 826. The Balaban J connectivity index is 2.44. The topological polar surface area (TPSA) is 86.7 Å². The van der Waals surface area contributed by atoms with Crippen molar-refractivity contribution in [2.24, 2.45) is 11.8 Å². The van der Waals surface area contributed by atoms with Gasteiger partial charge in [-0.3, -0.25) is 19.2 Å². The second-order valence-corrected chi connectivity index (χ2v) is 6.31. The number of carbonyl (C=O) groups excluding carboxylic acids is 4. The van der Waals surface area contributed by atoms with Crippen molar-refractivity contribution in [2.75, 3.05) is 13.2 Å². The Morgan fingerprint density at radius 2 is 1.17 bits per heavy atom. The summed E-state index contributed by atoms with van der Waals surface area (Å²) in [6.45, 7) is 3.27. The normalized spacial score (nSPS) is 11.6. The van der Waals surface area contributed by atoms with Crippen LogP contribution in [0.5, 0.6) is 0 Å². The van der Waals surface area contributed by atoms with Gasteiger partial charge in [0.25, 0.3) is 0 Å². The van der Waals surface area contributed by atoms with Crippen LogP contribution in [-0.4, -0.2) is 36.7 Å². The Morgan fingerprint density at radius 3 is 1.62 bits per heavy atom. The number of ketones is 2. The fraction of sp³-hybridized carbons (Fsp3) is 0.304. The van der Waals surface area contributed by atoms with Crippen LogP contribution in [0, 0.1) is 11.8 Å². The highest BCUT2D eigenvalue weighted by atomic mass is 16.6. The number of hydrogen-bond donors (Lipinski definition) is 0. The number of carbonyl (C=O) groups is 4. The molecular formula is C23H24O6. The van der Waals surface area contributed by atoms with Crippen LogP contribution in [0.3, 0.4) is 0 Å². The summed E-state index contributed by atoms with van der Waals surface area (Å²) in [6, 6.07) is 16.7. The highest BCUT2D eigenvalue weighted by Gasteiger charge is 2.42. The van der Waals surface area contributed by atoms with Gasteiger partial charge in [0.15, 0.2) is 17.5 Å². The predicted octanol–water partition coefficient (Wildman–Crippen LogP) is 3.50. The average molecular weight is 396 g/mol. The third kappa shape index (κ3) is 5.85. The lowest BCUT2D eigenvalue weighted by atomic mass is 9.81. The van der Waals surface area contributed by atoms with Crippen LogP contribution in [0.4, 0.5) is 0 Å². The molecule has 152 valence electrons. The van der Waals surface area contributed by atoms with Gasteiger partial charge in [-0.1, -0.05) is 60.7 Å². The summed E-state index contributed by atoms with van der Waals surface area (Å²) in [7, 11) is 0. The molecule has 0 radical (unpaired) electrons. The van der Waals surface area contributed by atoms with Gasteiger partial charge in [0.1, 0.15) is 0 Å². The molecule has 0 saturated heterocycles. The molecule has 0 spiro atoms. The van der Waals surface area contributed by atoms with E-state index in [4.69, 9.17) is 9.47 Å². The smallest absolute Gasteiger partial charge is 0.321 e. The van der Waals surface area contributed by atoms with Gasteiger partial charge in [0.05, 0.1) is 19.1 Å². The summed E-state index contributed by atoms with van der Waals surface area (Å²) in [5, 5.41) is 0. The van der Waals surface area contributed by atoms with E-state index in [1.807, 2.05) is 0 Å². The van der Waals surface area contributed by atoms with Crippen molar-refractivity contribution >= 4 is 23.5 Å². The van der Waals surface area contributed by atoms with Gasteiger partial charge < -0.3 is 9.47 Å². The molecule has 2 rings (SSSR count). The van der Waals surface area contributed by atoms with E-state index >= 15 is 0 Å². The van der Waals surface area contributed by atoms with E-state index < -0.39 is 29.6 Å². The number of esters is 2. The van der Waals surface area contributed by atoms with E-state index in [9.17, 15) is 19.2 Å². The molecule has 0 aliphatic heterocycles. The Hall–Kier alpha value is -3.28. The van der Waals surface area contributed by atoms with Gasteiger partial charge in [-0.15, -0.1) is 0 Å². The van der Waals surface area contributed by atoms with E-state index in [0.29, 0.717) is 11.1 Å². The molecule has 2 aromatic rings. The number of rotatable bonds is 10. The molecule has 0 aliphatic rings. The van der Waals surface area contributed by atoms with E-state index in [1.54, 1.807) is 74.5 Å². The fourth-order valence-electron chi connectivity index (χ4n) is 3.01. The number of hydrogen-bond acceptors (Lipinski definition) is 6. The summed E-state index contributed by atoms with van der Waals surface area (Å²) in [4.78, 5) is 51.1. The zero-order valence-corrected chi connectivity index (χ0v) is 16.5. The van der Waals surface area contributed by atoms with Crippen molar-refractivity contribution in [3.63, 3.8) is 0 Å². The molecule has 0 fully saturated rings. The summed E-state index contributed by atoms with van der Waals surface area (Å²) >= 11 is 0. The van der Waals surface area contributed by atoms with Crippen molar-refractivity contribution in [2.45, 2.75) is 20.3 Å². The number of benzene rings is 2. The van der Waals surface area contributed by atoms with E-state index in [2.05, 4.69) is 0 Å². The first-order chi connectivity index (χ1) is 14.0. The molecule has 6 nitrogen and oxygen atoms in total. The summed E-state index contributed by atoms with van der Waals surface area (Å²) in [5.74, 6) is -5.33. The van der Waals surface area contributed by atoms with E-state index in [0.717, 1.165) is 0 Å². The molecule has 0 bridgehead atoms. The average Bonchev–Trinajstić information content (AvgIpc) is 2.74. The first-order valence-corrected chi connectivity index (χ1v) is 9.50. The fourth-order valence-corrected chi connectivity index (χ4v) is 3.01. The van der Waals surface area contributed by atoms with Crippen molar-refractivity contribution in [3.8, 4) is 0 Å². The quantitative estimate of drug-likeness (QED) is 0.347. The van der Waals surface area contributed by atoms with Crippen LogP contribution < -0.4 is 0 Å². The maximum Gasteiger partial charge on any atom is 0.321 e. The van der Waals surface area contributed by atoms with Crippen LogP contribution in [-0.2, 0) is 19.1 Å². The largest absolute Gasteiger partial charge is 0.465 e. The van der Waals surface area contributed by atoms with Gasteiger partial charge in [-0.2, -0.15) is 0 Å². The molecule has 0 heterocycles. The molecule has 0 saturated carbocycles. The Kier molecular flexibility index (Phi) is 8.27. The van der Waals surface area contributed by atoms with Gasteiger partial charge in [-0.05, 0) is 13.8 Å². The van der Waals surface area contributed by atoms with E-state index in [-0.39, 0.29) is 25.4 Å². The lowest BCUT2D eigenvalue weighted by Crippen LogP contribution is -2.39. The summed E-state index contributed by atoms with van der Waals surface area (Å²) in [6.07, 6.45) is -0.319. The van der Waals surface area contributed by atoms with Crippen LogP contribution in [0.1, 0.15) is 41.0 Å². The minimum Gasteiger partial charge on any atom is -0.465 e. The highest BCUT2D eigenvalue weighted by molar-refractivity contribution is 6.09. The lowest BCUT2D eigenvalue weighted by Gasteiger charge is -2.23. The Labute approximate surface area is 169 Å². The third-order valence-electron chi connectivity index (χ3n) is 4.38. The molecule has 2 aromatic carbocycles. The zero-order valence-electron chi connectivity index (χ0n) is 16.5. The SMILES string of the molecule is CCOC(=O)C(C(=O)OCC)C(CC(=O)c1ccccc1)C(=O)c1ccccc1. The molecule has 1 atom stereocenters. The molecule has 0 N–H and O–H groups in total. The zero-order chi connectivity index (χ0) is 21.2. The number of ether oxygens (including phenoxy) is 2. The van der Waals surface area contributed by atoms with Crippen LogP contribution in [0.2, 0.25) is 0 Å². The van der Waals surface area contributed by atoms with Gasteiger partial charge in [0.2, 0.25) is 0 Å². The maximum atomic E-state index is 13.2. The number of Topliss-reactive ketones (excluding diaryl/α,β-unsaturated/α-hetero) is 2. The third-order valence-corrected chi connectivity index (χ3v) is 4.38. The molecule has 1 unspecified atom stereocenters. The lowest BCUT2D eigenvalue weighted by molar-refractivity contribution is -0.163. The predicted molar refractivity (Wildman–Crippen MR) is 106 cm³/mol. The van der Waals surface area contributed by atoms with Gasteiger partial charge in [-0.25, -0.2) is 0 Å². The monoisotopic (exact) mass is 396 g/mol. The minimum atomic E-state index is -1.52. The second-order valence-electron chi connectivity index (χ2n) is 6.31. The first-order valence-electron chi connectivity index (χ1n) is 9.50. The van der Waals surface area contributed by atoms with Crippen molar-refractivity contribution in [3.05, 3.63) is 71.8 Å². The van der Waals surface area contributed by atoms with Gasteiger partial charge in [0, 0.05) is 17.5 Å². The molecule has 0 aromatic heterocycles. The van der Waals surface area contributed by atoms with Crippen molar-refractivity contribution in [1.82, 2.24) is 0 Å². The maximum absolute atomic E-state index is 13.2. The van der Waals surface area contributed by atoms with Crippen LogP contribution >= 0.6 is 0 Å². The second kappa shape index (κ2) is 10.9. The Morgan fingerprint density at radius 1 is 0.724 bits per heavy atom. The standard InChI is InChI=1S/C23H24O6/c1-3-28-22(26)20(23(27)29-4-2)18(21(25)17-13-9-6-10-14-17)15-19(24)16-11-7-5-8-12-16/h5-14,18,20H,3-4,15H2,1-2H3. The molecule has 0 amide bonds. The molecule has 6 heteroatoms. The van der Waals surface area contributed by atoms with Crippen molar-refractivity contribution in [1.29, 1.82) is 0 Å². The van der Waals surface area contributed by atoms with Gasteiger partial charge >= 0.3 is 11.9 Å². The summed E-state index contributed by atoms with van der Waals surface area (Å²) in [5.41, 5.74) is 0.696. The molecule has 29 heavy (non-hydrogen) atoms. The van der Waals surface area contributed by atoms with E-state index in [1.165, 1.54) is 0 Å².